The fourth-order valence-electron chi connectivity index (χ4n) is 2.34. The highest BCUT2D eigenvalue weighted by molar-refractivity contribution is 5.96. The van der Waals surface area contributed by atoms with Gasteiger partial charge in [0.15, 0.2) is 5.69 Å². The summed E-state index contributed by atoms with van der Waals surface area (Å²) >= 11 is 0. The number of aromatic nitrogens is 1. The van der Waals surface area contributed by atoms with Crippen molar-refractivity contribution in [3.63, 3.8) is 0 Å². The van der Waals surface area contributed by atoms with Gasteiger partial charge in [-0.15, -0.1) is 0 Å². The topological polar surface area (TPSA) is 92.4 Å². The molecule has 1 aliphatic carbocycles. The minimum Gasteiger partial charge on any atom is -0.480 e. The molecule has 1 saturated carbocycles. The molecule has 6 nitrogen and oxygen atoms in total. The third kappa shape index (κ3) is 2.52. The molecular weight excluding hydrogens is 236 g/mol. The first kappa shape index (κ1) is 12.6. The van der Waals surface area contributed by atoms with Crippen LogP contribution in [0.15, 0.2) is 16.9 Å². The lowest BCUT2D eigenvalue weighted by Crippen LogP contribution is -2.54. The van der Waals surface area contributed by atoms with Crippen LogP contribution in [-0.4, -0.2) is 27.7 Å². The number of carboxylic acid groups (broad SMARTS) is 1. The molecular formula is C12H16N2O4. The minimum absolute atomic E-state index is 0.111. The quantitative estimate of drug-likeness (QED) is 0.797. The van der Waals surface area contributed by atoms with Crippen molar-refractivity contribution in [2.75, 3.05) is 0 Å². The van der Waals surface area contributed by atoms with Crippen molar-refractivity contribution in [2.45, 2.75) is 44.1 Å². The Kier molecular flexibility index (Phi) is 3.64. The van der Waals surface area contributed by atoms with Crippen molar-refractivity contribution >= 4 is 11.9 Å². The average molecular weight is 252 g/mol. The van der Waals surface area contributed by atoms with Gasteiger partial charge in [0.05, 0.1) is 0 Å². The van der Waals surface area contributed by atoms with Gasteiger partial charge in [0.1, 0.15) is 11.8 Å². The maximum Gasteiger partial charge on any atom is 0.329 e. The third-order valence-corrected chi connectivity index (χ3v) is 3.39. The van der Waals surface area contributed by atoms with E-state index in [1.54, 1.807) is 0 Å². The normalized spacial score (nSPS) is 18.9. The molecule has 0 unspecified atom stereocenters. The molecule has 2 N–H and O–H groups in total. The van der Waals surface area contributed by atoms with Gasteiger partial charge >= 0.3 is 5.97 Å². The van der Waals surface area contributed by atoms with Crippen molar-refractivity contribution in [3.8, 4) is 0 Å². The van der Waals surface area contributed by atoms with Crippen LogP contribution in [0.3, 0.4) is 0 Å². The lowest BCUT2D eigenvalue weighted by Gasteiger charge is -2.28. The Labute approximate surface area is 104 Å². The fraction of sp³-hybridized carbons (Fsp3) is 0.583. The number of rotatable bonds is 3. The summed E-state index contributed by atoms with van der Waals surface area (Å²) in [5, 5.41) is 15.5. The summed E-state index contributed by atoms with van der Waals surface area (Å²) in [5.41, 5.74) is -1.05. The van der Waals surface area contributed by atoms with Gasteiger partial charge in [-0.25, -0.2) is 4.79 Å². The van der Waals surface area contributed by atoms with Crippen LogP contribution in [0.2, 0.25) is 0 Å². The summed E-state index contributed by atoms with van der Waals surface area (Å²) in [5.74, 6) is -1.46. The van der Waals surface area contributed by atoms with E-state index in [1.807, 2.05) is 0 Å². The van der Waals surface area contributed by atoms with Crippen LogP contribution in [-0.2, 0) is 4.79 Å². The van der Waals surface area contributed by atoms with E-state index in [1.165, 1.54) is 12.3 Å². The lowest BCUT2D eigenvalue weighted by molar-refractivity contribution is -0.145. The Hall–Kier alpha value is -1.85. The number of carbonyl (C=O) groups is 2. The van der Waals surface area contributed by atoms with E-state index in [-0.39, 0.29) is 5.69 Å². The number of amides is 1. The van der Waals surface area contributed by atoms with Crippen LogP contribution < -0.4 is 5.32 Å². The van der Waals surface area contributed by atoms with Crippen LogP contribution in [0.25, 0.3) is 0 Å². The van der Waals surface area contributed by atoms with Crippen molar-refractivity contribution in [1.82, 2.24) is 10.5 Å². The Morgan fingerprint density at radius 1 is 1.28 bits per heavy atom. The van der Waals surface area contributed by atoms with Gasteiger partial charge < -0.3 is 14.9 Å². The highest BCUT2D eigenvalue weighted by Crippen LogP contribution is 2.27. The smallest absolute Gasteiger partial charge is 0.329 e. The van der Waals surface area contributed by atoms with Gasteiger partial charge in [0.25, 0.3) is 5.91 Å². The number of hydrogen-bond donors (Lipinski definition) is 2. The molecule has 0 bridgehead atoms. The first-order valence-electron chi connectivity index (χ1n) is 6.10. The Morgan fingerprint density at radius 3 is 2.44 bits per heavy atom. The number of aliphatic carboxylic acids is 1. The number of carboxylic acids is 1. The summed E-state index contributed by atoms with van der Waals surface area (Å²) < 4.78 is 4.58. The molecule has 1 fully saturated rings. The van der Waals surface area contributed by atoms with Crippen LogP contribution in [0, 0.1) is 0 Å². The molecule has 6 heteroatoms. The van der Waals surface area contributed by atoms with Crippen LogP contribution in [0.5, 0.6) is 0 Å². The van der Waals surface area contributed by atoms with Gasteiger partial charge in [-0.2, -0.15) is 0 Å². The summed E-state index contributed by atoms with van der Waals surface area (Å²) in [6, 6.07) is 1.42. The van der Waals surface area contributed by atoms with E-state index in [0.29, 0.717) is 12.8 Å². The van der Waals surface area contributed by atoms with E-state index in [4.69, 9.17) is 0 Å². The monoisotopic (exact) mass is 252 g/mol. The van der Waals surface area contributed by atoms with E-state index in [9.17, 15) is 14.7 Å². The molecule has 0 aliphatic heterocycles. The molecule has 0 radical (unpaired) electrons. The highest BCUT2D eigenvalue weighted by atomic mass is 16.5. The molecule has 98 valence electrons. The van der Waals surface area contributed by atoms with Gasteiger partial charge in [-0.05, 0) is 12.8 Å². The van der Waals surface area contributed by atoms with E-state index in [0.717, 1.165) is 25.7 Å². The molecule has 0 saturated heterocycles. The molecule has 0 spiro atoms. The van der Waals surface area contributed by atoms with E-state index in [2.05, 4.69) is 15.0 Å². The zero-order valence-electron chi connectivity index (χ0n) is 10.0. The number of hydrogen-bond acceptors (Lipinski definition) is 4. The van der Waals surface area contributed by atoms with Crippen molar-refractivity contribution in [3.05, 3.63) is 18.0 Å². The SMILES string of the molecule is O=C(NC1(C(=O)O)CCCCCC1)c1ccon1. The lowest BCUT2D eigenvalue weighted by atomic mass is 9.90. The first-order chi connectivity index (χ1) is 8.64. The number of nitrogens with zero attached hydrogens (tertiary/aromatic N) is 1. The van der Waals surface area contributed by atoms with E-state index < -0.39 is 17.4 Å². The van der Waals surface area contributed by atoms with Crippen LogP contribution in [0.4, 0.5) is 0 Å². The summed E-state index contributed by atoms with van der Waals surface area (Å²) in [7, 11) is 0. The predicted molar refractivity (Wildman–Crippen MR) is 62.0 cm³/mol. The maximum atomic E-state index is 11.9. The van der Waals surface area contributed by atoms with Crippen molar-refractivity contribution in [2.24, 2.45) is 0 Å². The summed E-state index contributed by atoms with van der Waals surface area (Å²) in [6.45, 7) is 0. The Bertz CT molecular complexity index is 419. The first-order valence-corrected chi connectivity index (χ1v) is 6.10. The number of carbonyl (C=O) groups excluding carboxylic acids is 1. The van der Waals surface area contributed by atoms with Gasteiger partial charge in [-0.1, -0.05) is 30.8 Å². The van der Waals surface area contributed by atoms with Crippen LogP contribution in [0.1, 0.15) is 49.0 Å². The summed E-state index contributed by atoms with van der Waals surface area (Å²) in [6.07, 6.45) is 5.85. The zero-order chi connectivity index (χ0) is 13.0. The fourth-order valence-corrected chi connectivity index (χ4v) is 2.34. The second-order valence-corrected chi connectivity index (χ2v) is 4.64. The molecule has 18 heavy (non-hydrogen) atoms. The molecule has 1 heterocycles. The number of nitrogens with one attached hydrogen (secondary N) is 1. The molecule has 1 aromatic heterocycles. The molecule has 0 aromatic carbocycles. The highest BCUT2D eigenvalue weighted by Gasteiger charge is 2.40. The largest absolute Gasteiger partial charge is 0.480 e. The van der Waals surface area contributed by atoms with Gasteiger partial charge in [-0.3, -0.25) is 4.79 Å². The van der Waals surface area contributed by atoms with Crippen molar-refractivity contribution in [1.29, 1.82) is 0 Å². The Balaban J connectivity index is 2.15. The molecule has 2 rings (SSSR count). The average Bonchev–Trinajstić information content (AvgIpc) is 2.77. The third-order valence-electron chi connectivity index (χ3n) is 3.39. The zero-order valence-corrected chi connectivity index (χ0v) is 10.0. The molecule has 1 aliphatic rings. The second-order valence-electron chi connectivity index (χ2n) is 4.64. The standard InChI is InChI=1S/C12H16N2O4/c15-10(9-5-8-18-14-9)13-12(11(16)17)6-3-1-2-4-7-12/h5,8H,1-4,6-7H2,(H,13,15)(H,16,17). The minimum atomic E-state index is -1.16. The predicted octanol–water partition coefficient (Wildman–Crippen LogP) is 1.58. The van der Waals surface area contributed by atoms with Crippen molar-refractivity contribution < 1.29 is 19.2 Å². The summed E-state index contributed by atoms with van der Waals surface area (Å²) in [4.78, 5) is 23.4. The maximum absolute atomic E-state index is 11.9. The molecule has 0 atom stereocenters. The van der Waals surface area contributed by atoms with Crippen LogP contribution >= 0.6 is 0 Å². The molecule has 1 aromatic rings. The second kappa shape index (κ2) is 5.20. The van der Waals surface area contributed by atoms with Gasteiger partial charge in [0, 0.05) is 6.07 Å². The molecule has 1 amide bonds. The van der Waals surface area contributed by atoms with Gasteiger partial charge in [0.2, 0.25) is 0 Å². The van der Waals surface area contributed by atoms with E-state index >= 15 is 0 Å². The Morgan fingerprint density at radius 2 is 1.94 bits per heavy atom.